The molecule has 1 aromatic carbocycles. The van der Waals surface area contributed by atoms with E-state index in [1.165, 1.54) is 6.33 Å². The second-order valence-corrected chi connectivity index (χ2v) is 5.54. The van der Waals surface area contributed by atoms with E-state index < -0.39 is 17.9 Å². The van der Waals surface area contributed by atoms with Gasteiger partial charge in [-0.2, -0.15) is 10.1 Å². The summed E-state index contributed by atoms with van der Waals surface area (Å²) in [5.74, 6) is 0.162. The molecule has 8 nitrogen and oxygen atoms in total. The molecule has 0 aliphatic carbocycles. The van der Waals surface area contributed by atoms with Gasteiger partial charge in [-0.25, -0.2) is 4.68 Å². The highest BCUT2D eigenvalue weighted by atomic mass is 16.6. The molecule has 1 aliphatic heterocycles. The first-order chi connectivity index (χ1) is 12.2. The quantitative estimate of drug-likeness (QED) is 0.629. The monoisotopic (exact) mass is 344 g/mol. The summed E-state index contributed by atoms with van der Waals surface area (Å²) in [6, 6.07) is 7.05. The summed E-state index contributed by atoms with van der Waals surface area (Å²) in [6.07, 6.45) is 1.43. The van der Waals surface area contributed by atoms with Gasteiger partial charge in [0.1, 0.15) is 24.6 Å². The van der Waals surface area contributed by atoms with Gasteiger partial charge in [0.15, 0.2) is 0 Å². The van der Waals surface area contributed by atoms with E-state index in [1.807, 2.05) is 24.3 Å². The number of esters is 1. The molecule has 2 heterocycles. The number of rotatable bonds is 6. The Morgan fingerprint density at radius 2 is 2.20 bits per heavy atom. The maximum Gasteiger partial charge on any atom is 0.317 e. The number of ether oxygens (including phenoxy) is 3. The molecular formula is C17H20N4O4. The van der Waals surface area contributed by atoms with E-state index in [1.54, 1.807) is 18.9 Å². The Labute approximate surface area is 145 Å². The van der Waals surface area contributed by atoms with Crippen molar-refractivity contribution in [2.75, 3.05) is 32.8 Å². The molecule has 0 spiro atoms. The average Bonchev–Trinajstić information content (AvgIpc) is 3.08. The molecule has 0 saturated heterocycles. The molecule has 132 valence electrons. The lowest BCUT2D eigenvalue weighted by Gasteiger charge is -2.33. The van der Waals surface area contributed by atoms with Crippen LogP contribution in [0.3, 0.4) is 0 Å². The second kappa shape index (κ2) is 7.35. The van der Waals surface area contributed by atoms with Crippen LogP contribution in [0.15, 0.2) is 42.9 Å². The van der Waals surface area contributed by atoms with E-state index >= 15 is 0 Å². The zero-order valence-electron chi connectivity index (χ0n) is 14.1. The largest absolute Gasteiger partial charge is 0.497 e. The number of fused-ring (bicyclic) bond motifs is 1. The fourth-order valence-corrected chi connectivity index (χ4v) is 2.84. The maximum absolute atomic E-state index is 12.7. The molecule has 1 N–H and O–H groups in total. The summed E-state index contributed by atoms with van der Waals surface area (Å²) in [5, 5.41) is 7.28. The van der Waals surface area contributed by atoms with Crippen LogP contribution < -0.4 is 10.1 Å². The van der Waals surface area contributed by atoms with Crippen molar-refractivity contribution in [2.45, 2.75) is 6.04 Å². The van der Waals surface area contributed by atoms with E-state index in [9.17, 15) is 4.79 Å². The summed E-state index contributed by atoms with van der Waals surface area (Å²) in [4.78, 5) is 16.9. The van der Waals surface area contributed by atoms with Crippen molar-refractivity contribution >= 4 is 11.9 Å². The van der Waals surface area contributed by atoms with Gasteiger partial charge in [0.2, 0.25) is 5.95 Å². The molecular weight excluding hydrogens is 324 g/mol. The lowest BCUT2D eigenvalue weighted by molar-refractivity contribution is -0.149. The molecule has 3 rings (SSSR count). The topological polar surface area (TPSA) is 87.5 Å². The summed E-state index contributed by atoms with van der Waals surface area (Å²) in [6.45, 7) is 4.49. The lowest BCUT2D eigenvalue weighted by atomic mass is 9.89. The van der Waals surface area contributed by atoms with Crippen molar-refractivity contribution in [3.05, 3.63) is 48.4 Å². The Bertz CT molecular complexity index is 774. The second-order valence-electron chi connectivity index (χ2n) is 5.54. The Hall–Kier alpha value is -2.87. The smallest absolute Gasteiger partial charge is 0.317 e. The van der Waals surface area contributed by atoms with Crippen molar-refractivity contribution in [2.24, 2.45) is 5.92 Å². The number of carbonyl (C=O) groups is 1. The first-order valence-corrected chi connectivity index (χ1v) is 7.80. The van der Waals surface area contributed by atoms with E-state index in [0.29, 0.717) is 24.0 Å². The Kier molecular flexibility index (Phi) is 4.99. The standard InChI is InChI=1S/C17H20N4O4/c1-11-14(16(22)25-8-7-23-2)15(21-17(20-11)18-10-19-21)12-5-4-6-13(9-12)24-3/h4-6,9-10,14-15H,1,7-8H2,2-3H3,(H,18,19,20)/t14-,15+/m0/s1. The SMILES string of the molecule is C=C1Nc2ncnn2[C@H](c2cccc(OC)c2)[C@H]1C(=O)OCCOC. The highest BCUT2D eigenvalue weighted by molar-refractivity contribution is 5.79. The van der Waals surface area contributed by atoms with Gasteiger partial charge in [-0.1, -0.05) is 18.7 Å². The van der Waals surface area contributed by atoms with Crippen LogP contribution in [0.5, 0.6) is 5.75 Å². The molecule has 2 aromatic rings. The summed E-state index contributed by atoms with van der Waals surface area (Å²) in [5.41, 5.74) is 1.36. The minimum absolute atomic E-state index is 0.175. The molecule has 25 heavy (non-hydrogen) atoms. The fraction of sp³-hybridized carbons (Fsp3) is 0.353. The van der Waals surface area contributed by atoms with Crippen LogP contribution in [0.4, 0.5) is 5.95 Å². The predicted molar refractivity (Wildman–Crippen MR) is 90.2 cm³/mol. The zero-order chi connectivity index (χ0) is 17.8. The zero-order valence-corrected chi connectivity index (χ0v) is 14.1. The van der Waals surface area contributed by atoms with Crippen molar-refractivity contribution in [1.29, 1.82) is 0 Å². The number of benzene rings is 1. The van der Waals surface area contributed by atoms with Gasteiger partial charge >= 0.3 is 5.97 Å². The lowest BCUT2D eigenvalue weighted by Crippen LogP contribution is -2.38. The minimum atomic E-state index is -0.654. The van der Waals surface area contributed by atoms with E-state index in [-0.39, 0.29) is 6.61 Å². The number of carbonyl (C=O) groups excluding carboxylic acids is 1. The van der Waals surface area contributed by atoms with Crippen molar-refractivity contribution in [3.8, 4) is 5.75 Å². The van der Waals surface area contributed by atoms with Crippen molar-refractivity contribution in [3.63, 3.8) is 0 Å². The van der Waals surface area contributed by atoms with Gasteiger partial charge < -0.3 is 19.5 Å². The van der Waals surface area contributed by atoms with Gasteiger partial charge in [-0.15, -0.1) is 0 Å². The number of aromatic nitrogens is 3. The maximum atomic E-state index is 12.7. The molecule has 0 radical (unpaired) electrons. The van der Waals surface area contributed by atoms with Crippen LogP contribution in [-0.2, 0) is 14.3 Å². The summed E-state index contributed by atoms with van der Waals surface area (Å²) < 4.78 is 17.2. The first-order valence-electron chi connectivity index (χ1n) is 7.80. The number of anilines is 1. The first kappa shape index (κ1) is 17.0. The number of nitrogens with one attached hydrogen (secondary N) is 1. The molecule has 0 amide bonds. The number of hydrogen-bond donors (Lipinski definition) is 1. The van der Waals surface area contributed by atoms with Crippen LogP contribution in [0, 0.1) is 5.92 Å². The van der Waals surface area contributed by atoms with Gasteiger partial charge in [0.05, 0.1) is 19.8 Å². The average molecular weight is 344 g/mol. The third-order valence-corrected chi connectivity index (χ3v) is 4.02. The third-order valence-electron chi connectivity index (χ3n) is 4.02. The third kappa shape index (κ3) is 3.34. The molecule has 0 fully saturated rings. The normalized spacial score (nSPS) is 19.0. The number of methoxy groups -OCH3 is 2. The molecule has 8 heteroatoms. The Morgan fingerprint density at radius 3 is 2.96 bits per heavy atom. The van der Waals surface area contributed by atoms with E-state index in [2.05, 4.69) is 22.0 Å². The Balaban J connectivity index is 1.99. The molecule has 0 unspecified atom stereocenters. The van der Waals surface area contributed by atoms with Crippen molar-refractivity contribution < 1.29 is 19.0 Å². The Morgan fingerprint density at radius 1 is 1.36 bits per heavy atom. The number of nitrogens with zero attached hydrogens (tertiary/aromatic N) is 3. The van der Waals surface area contributed by atoms with Crippen LogP contribution in [-0.4, -0.2) is 48.2 Å². The van der Waals surface area contributed by atoms with E-state index in [4.69, 9.17) is 14.2 Å². The van der Waals surface area contributed by atoms with Crippen LogP contribution >= 0.6 is 0 Å². The van der Waals surface area contributed by atoms with Crippen LogP contribution in [0.1, 0.15) is 11.6 Å². The van der Waals surface area contributed by atoms with Crippen molar-refractivity contribution in [1.82, 2.24) is 14.8 Å². The molecule has 1 aromatic heterocycles. The summed E-state index contributed by atoms with van der Waals surface area (Å²) in [7, 11) is 3.15. The van der Waals surface area contributed by atoms with Gasteiger partial charge in [-0.3, -0.25) is 4.79 Å². The van der Waals surface area contributed by atoms with E-state index in [0.717, 1.165) is 5.56 Å². The van der Waals surface area contributed by atoms with Crippen LogP contribution in [0.25, 0.3) is 0 Å². The van der Waals surface area contributed by atoms with Gasteiger partial charge in [-0.05, 0) is 17.7 Å². The van der Waals surface area contributed by atoms with Gasteiger partial charge in [0, 0.05) is 12.8 Å². The molecule has 2 atom stereocenters. The predicted octanol–water partition coefficient (Wildman–Crippen LogP) is 1.62. The minimum Gasteiger partial charge on any atom is -0.497 e. The van der Waals surface area contributed by atoms with Gasteiger partial charge in [0.25, 0.3) is 0 Å². The number of hydrogen-bond acceptors (Lipinski definition) is 7. The highest BCUT2D eigenvalue weighted by Gasteiger charge is 2.40. The molecule has 1 aliphatic rings. The molecule has 0 saturated carbocycles. The van der Waals surface area contributed by atoms with Crippen LogP contribution in [0.2, 0.25) is 0 Å². The summed E-state index contributed by atoms with van der Waals surface area (Å²) >= 11 is 0. The fourth-order valence-electron chi connectivity index (χ4n) is 2.84. The highest BCUT2D eigenvalue weighted by Crippen LogP contribution is 2.38. The molecule has 0 bridgehead atoms.